The predicted molar refractivity (Wildman–Crippen MR) is 147 cm³/mol. The molecule has 7 heteroatoms. The van der Waals surface area contributed by atoms with Crippen LogP contribution in [0, 0.1) is 20.8 Å². The monoisotopic (exact) mass is 492 g/mol. The number of unbranched alkanes of at least 4 members (excludes halogenated alkanes) is 1. The molecule has 0 atom stereocenters. The third-order valence-electron chi connectivity index (χ3n) is 6.90. The van der Waals surface area contributed by atoms with Gasteiger partial charge in [-0.2, -0.15) is 5.21 Å². The Kier molecular flexibility index (Phi) is 6.86. The van der Waals surface area contributed by atoms with Crippen LogP contribution >= 0.6 is 0 Å². The molecule has 0 aliphatic carbocycles. The lowest BCUT2D eigenvalue weighted by molar-refractivity contribution is 0.679. The lowest BCUT2D eigenvalue weighted by atomic mass is 9.95. The molecule has 2 heterocycles. The minimum absolute atomic E-state index is 0.0630. The molecule has 0 bridgehead atoms. The zero-order valence-corrected chi connectivity index (χ0v) is 21.8. The maximum atomic E-state index is 13.2. The van der Waals surface area contributed by atoms with Crippen LogP contribution in [0.15, 0.2) is 65.5 Å². The van der Waals surface area contributed by atoms with E-state index >= 15 is 0 Å². The average molecular weight is 493 g/mol. The van der Waals surface area contributed by atoms with Crippen molar-refractivity contribution in [3.63, 3.8) is 0 Å². The fourth-order valence-electron chi connectivity index (χ4n) is 5.23. The third-order valence-corrected chi connectivity index (χ3v) is 6.90. The van der Waals surface area contributed by atoms with Crippen LogP contribution in [0.3, 0.4) is 0 Å². The molecule has 188 valence electrons. The Labute approximate surface area is 216 Å². The first-order valence-corrected chi connectivity index (χ1v) is 12.8. The maximum absolute atomic E-state index is 13.2. The van der Waals surface area contributed by atoms with Crippen molar-refractivity contribution >= 4 is 0 Å². The zero-order valence-electron chi connectivity index (χ0n) is 21.8. The van der Waals surface area contributed by atoms with E-state index in [0.717, 1.165) is 58.5 Å². The minimum atomic E-state index is -0.0630. The highest BCUT2D eigenvalue weighted by atomic mass is 16.1. The molecule has 0 amide bonds. The van der Waals surface area contributed by atoms with Gasteiger partial charge in [-0.3, -0.25) is 4.57 Å². The second-order valence-electron chi connectivity index (χ2n) is 9.69. The highest BCUT2D eigenvalue weighted by molar-refractivity contribution is 5.80. The number of tetrazole rings is 1. The number of hydrogen-bond acceptors (Lipinski definition) is 4. The SMILES string of the molecule is CCCCc1c(-c2c(C)cc(C)cc2C)[nH]c(=O)n1Cc1ccc(-c2ccccc2-c2nn[nH]n2)cc1. The van der Waals surface area contributed by atoms with Gasteiger partial charge in [0.05, 0.1) is 12.2 Å². The first-order valence-electron chi connectivity index (χ1n) is 12.8. The summed E-state index contributed by atoms with van der Waals surface area (Å²) >= 11 is 0. The van der Waals surface area contributed by atoms with Crippen LogP contribution in [0.2, 0.25) is 0 Å². The van der Waals surface area contributed by atoms with Gasteiger partial charge in [0, 0.05) is 16.8 Å². The molecule has 2 aromatic heterocycles. The van der Waals surface area contributed by atoms with Crippen molar-refractivity contribution in [1.82, 2.24) is 30.2 Å². The molecule has 3 aromatic carbocycles. The van der Waals surface area contributed by atoms with Gasteiger partial charge in [-0.15, -0.1) is 10.2 Å². The number of hydrogen-bond donors (Lipinski definition) is 2. The quantitative estimate of drug-likeness (QED) is 0.278. The first-order chi connectivity index (χ1) is 18.0. The Balaban J connectivity index is 1.50. The van der Waals surface area contributed by atoms with E-state index in [4.69, 9.17) is 0 Å². The van der Waals surface area contributed by atoms with Gasteiger partial charge >= 0.3 is 5.69 Å². The van der Waals surface area contributed by atoms with Crippen molar-refractivity contribution in [2.45, 2.75) is 53.5 Å². The summed E-state index contributed by atoms with van der Waals surface area (Å²) in [5, 5.41) is 14.5. The van der Waals surface area contributed by atoms with Crippen LogP contribution in [0.25, 0.3) is 33.8 Å². The van der Waals surface area contributed by atoms with Gasteiger partial charge in [0.25, 0.3) is 0 Å². The van der Waals surface area contributed by atoms with Gasteiger partial charge in [0.2, 0.25) is 5.82 Å². The van der Waals surface area contributed by atoms with Crippen molar-refractivity contribution in [1.29, 1.82) is 0 Å². The minimum Gasteiger partial charge on any atom is -0.305 e. The number of H-pyrrole nitrogens is 2. The topological polar surface area (TPSA) is 92.2 Å². The first kappa shape index (κ1) is 24.4. The molecule has 0 aliphatic rings. The van der Waals surface area contributed by atoms with Gasteiger partial charge < -0.3 is 4.98 Å². The van der Waals surface area contributed by atoms with E-state index in [1.54, 1.807) is 0 Å². The Morgan fingerprint density at radius 2 is 1.62 bits per heavy atom. The number of aromatic amines is 2. The fraction of sp³-hybridized carbons (Fsp3) is 0.267. The van der Waals surface area contributed by atoms with Crippen molar-refractivity contribution < 1.29 is 0 Å². The molecule has 7 nitrogen and oxygen atoms in total. The molecule has 0 saturated carbocycles. The fourth-order valence-corrected chi connectivity index (χ4v) is 5.23. The summed E-state index contributed by atoms with van der Waals surface area (Å²) < 4.78 is 1.91. The number of aryl methyl sites for hydroxylation is 3. The van der Waals surface area contributed by atoms with E-state index < -0.39 is 0 Å². The molecule has 0 aliphatic heterocycles. The summed E-state index contributed by atoms with van der Waals surface area (Å²) in [5.41, 5.74) is 10.8. The van der Waals surface area contributed by atoms with E-state index in [1.165, 1.54) is 16.7 Å². The van der Waals surface area contributed by atoms with Crippen molar-refractivity contribution in [2.24, 2.45) is 0 Å². The van der Waals surface area contributed by atoms with Crippen molar-refractivity contribution in [2.75, 3.05) is 0 Å². The number of benzene rings is 3. The Morgan fingerprint density at radius 3 is 2.27 bits per heavy atom. The molecule has 37 heavy (non-hydrogen) atoms. The van der Waals surface area contributed by atoms with E-state index in [-0.39, 0.29) is 5.69 Å². The second-order valence-corrected chi connectivity index (χ2v) is 9.69. The van der Waals surface area contributed by atoms with Gasteiger partial charge in [-0.05, 0) is 66.6 Å². The third kappa shape index (κ3) is 4.89. The molecule has 0 fully saturated rings. The van der Waals surface area contributed by atoms with Gasteiger partial charge in [-0.25, -0.2) is 4.79 Å². The molecule has 0 radical (unpaired) electrons. The molecular weight excluding hydrogens is 460 g/mol. The number of aromatic nitrogens is 6. The summed E-state index contributed by atoms with van der Waals surface area (Å²) in [4.78, 5) is 16.4. The summed E-state index contributed by atoms with van der Waals surface area (Å²) in [6, 6.07) is 20.8. The summed E-state index contributed by atoms with van der Waals surface area (Å²) in [6.45, 7) is 9.06. The number of nitrogens with one attached hydrogen (secondary N) is 2. The molecular formula is C30H32N6O. The smallest absolute Gasteiger partial charge is 0.305 e. The van der Waals surface area contributed by atoms with Gasteiger partial charge in [0.15, 0.2) is 0 Å². The Hall–Kier alpha value is -4.26. The number of nitrogens with zero attached hydrogens (tertiary/aromatic N) is 4. The summed E-state index contributed by atoms with van der Waals surface area (Å²) in [6.07, 6.45) is 2.95. The van der Waals surface area contributed by atoms with Gasteiger partial charge in [-0.1, -0.05) is 79.6 Å². The lowest BCUT2D eigenvalue weighted by Crippen LogP contribution is -2.19. The molecule has 0 unspecified atom stereocenters. The molecule has 0 saturated heterocycles. The van der Waals surface area contributed by atoms with Crippen LogP contribution in [-0.2, 0) is 13.0 Å². The van der Waals surface area contributed by atoms with Crippen LogP contribution in [0.1, 0.15) is 47.7 Å². The van der Waals surface area contributed by atoms with E-state index in [1.807, 2.05) is 22.8 Å². The van der Waals surface area contributed by atoms with Crippen LogP contribution in [0.5, 0.6) is 0 Å². The van der Waals surface area contributed by atoms with E-state index in [2.05, 4.69) is 95.8 Å². The van der Waals surface area contributed by atoms with Crippen LogP contribution in [-0.4, -0.2) is 30.2 Å². The number of imidazole rings is 1. The normalized spacial score (nSPS) is 11.2. The standard InChI is InChI=1S/C30H32N6O/c1-5-6-11-26-28(27-20(3)16-19(2)17-21(27)4)31-30(37)36(26)18-22-12-14-23(15-13-22)24-9-7-8-10-25(24)29-32-34-35-33-29/h7-10,12-17H,5-6,11,18H2,1-4H3,(H,31,37)(H,32,33,34,35). The van der Waals surface area contributed by atoms with E-state index in [0.29, 0.717) is 12.4 Å². The van der Waals surface area contributed by atoms with Gasteiger partial charge in [0.1, 0.15) is 0 Å². The molecule has 2 N–H and O–H groups in total. The van der Waals surface area contributed by atoms with E-state index in [9.17, 15) is 4.79 Å². The number of rotatable bonds is 8. The van der Waals surface area contributed by atoms with Crippen LogP contribution < -0.4 is 5.69 Å². The molecule has 0 spiro atoms. The highest BCUT2D eigenvalue weighted by Gasteiger charge is 2.19. The Morgan fingerprint density at radius 1 is 0.919 bits per heavy atom. The zero-order chi connectivity index (χ0) is 25.9. The second kappa shape index (κ2) is 10.4. The predicted octanol–water partition coefficient (Wildman–Crippen LogP) is 6.01. The van der Waals surface area contributed by atoms with Crippen molar-refractivity contribution in [3.05, 3.63) is 99.1 Å². The molecule has 5 aromatic rings. The summed E-state index contributed by atoms with van der Waals surface area (Å²) in [5.74, 6) is 0.563. The van der Waals surface area contributed by atoms with Crippen molar-refractivity contribution in [3.8, 4) is 33.8 Å². The Bertz CT molecular complexity index is 1550. The average Bonchev–Trinajstić information content (AvgIpc) is 3.52. The lowest BCUT2D eigenvalue weighted by Gasteiger charge is -2.14. The maximum Gasteiger partial charge on any atom is 0.326 e. The largest absolute Gasteiger partial charge is 0.326 e. The summed E-state index contributed by atoms with van der Waals surface area (Å²) in [7, 11) is 0. The highest BCUT2D eigenvalue weighted by Crippen LogP contribution is 2.32. The molecule has 5 rings (SSSR count). The van der Waals surface area contributed by atoms with Crippen LogP contribution in [0.4, 0.5) is 0 Å².